The van der Waals surface area contributed by atoms with E-state index in [4.69, 9.17) is 14.2 Å². The second kappa shape index (κ2) is 47.2. The molecule has 1 amide bonds. The van der Waals surface area contributed by atoms with Gasteiger partial charge >= 0.3 is 5.97 Å². The third-order valence-corrected chi connectivity index (χ3v) is 13.2. The molecule has 7 unspecified atom stereocenters. The molecule has 398 valence electrons. The summed E-state index contributed by atoms with van der Waals surface area (Å²) in [5.74, 6) is -0.221. The molecule has 0 bridgehead atoms. The number of aliphatic hydroxyl groups excluding tert-OH is 5. The summed E-state index contributed by atoms with van der Waals surface area (Å²) in [5.41, 5.74) is 0. The van der Waals surface area contributed by atoms with E-state index < -0.39 is 49.5 Å². The molecule has 68 heavy (non-hydrogen) atoms. The fraction of sp³-hybridized carbons (Fsp3) is 0.860. The molecule has 1 fully saturated rings. The average Bonchev–Trinajstić information content (AvgIpc) is 3.33. The van der Waals surface area contributed by atoms with Crippen LogP contribution >= 0.6 is 0 Å². The van der Waals surface area contributed by atoms with Gasteiger partial charge in [-0.05, 0) is 57.8 Å². The van der Waals surface area contributed by atoms with Crippen LogP contribution in [-0.4, -0.2) is 100 Å². The van der Waals surface area contributed by atoms with Gasteiger partial charge in [-0.15, -0.1) is 0 Å². The Balaban J connectivity index is 2.15. The van der Waals surface area contributed by atoms with Crippen molar-refractivity contribution < 1.29 is 49.3 Å². The predicted octanol–water partition coefficient (Wildman–Crippen LogP) is 12.3. The molecule has 11 heteroatoms. The fourth-order valence-corrected chi connectivity index (χ4v) is 8.70. The van der Waals surface area contributed by atoms with Gasteiger partial charge in [0.1, 0.15) is 24.4 Å². The Labute approximate surface area is 415 Å². The smallest absolute Gasteiger partial charge is 0.305 e. The first kappa shape index (κ1) is 63.9. The number of rotatable bonds is 48. The van der Waals surface area contributed by atoms with E-state index in [1.54, 1.807) is 6.08 Å². The third kappa shape index (κ3) is 36.8. The van der Waals surface area contributed by atoms with Crippen LogP contribution in [0.3, 0.4) is 0 Å². The average molecular weight is 964 g/mol. The Kier molecular flexibility index (Phi) is 44.4. The van der Waals surface area contributed by atoms with Crippen molar-refractivity contribution in [2.75, 3.05) is 19.8 Å². The van der Waals surface area contributed by atoms with Gasteiger partial charge in [0.05, 0.1) is 32.0 Å². The largest absolute Gasteiger partial charge is 0.466 e. The van der Waals surface area contributed by atoms with Gasteiger partial charge in [-0.25, -0.2) is 0 Å². The number of hydrogen-bond acceptors (Lipinski definition) is 10. The number of ether oxygens (including phenoxy) is 3. The maximum atomic E-state index is 13.0. The Morgan fingerprint density at radius 3 is 1.46 bits per heavy atom. The van der Waals surface area contributed by atoms with E-state index in [0.29, 0.717) is 19.4 Å². The molecule has 1 rings (SSSR count). The molecule has 7 atom stereocenters. The van der Waals surface area contributed by atoms with Crippen molar-refractivity contribution in [3.05, 3.63) is 36.5 Å². The lowest BCUT2D eigenvalue weighted by Crippen LogP contribution is -2.60. The standard InChI is InChI=1S/C57H105NO10/c1-3-5-7-9-11-13-15-20-24-27-31-35-39-43-50(60)49(48-67-57-56(65)55(64)54(63)51(47-59)68-57)58-52(61)44-40-36-32-28-25-21-18-16-17-19-22-26-30-34-38-42-46-66-53(62)45-41-37-33-29-23-14-12-10-8-6-4-2/h11,13,24,27,39,43,49-51,54-57,59-60,63-65H,3-10,12,14-23,25-26,28-38,40-42,44-48H2,1-2H3,(H,58,61)/b13-11+,27-24+,43-39+. The molecular formula is C57H105NO10. The van der Waals surface area contributed by atoms with Crippen molar-refractivity contribution in [3.8, 4) is 0 Å². The monoisotopic (exact) mass is 964 g/mol. The van der Waals surface area contributed by atoms with Crippen molar-refractivity contribution in [1.29, 1.82) is 0 Å². The van der Waals surface area contributed by atoms with E-state index in [1.165, 1.54) is 141 Å². The molecule has 0 saturated carbocycles. The molecule has 1 aliphatic heterocycles. The van der Waals surface area contributed by atoms with E-state index in [9.17, 15) is 35.1 Å². The van der Waals surface area contributed by atoms with E-state index >= 15 is 0 Å². The number of carbonyl (C=O) groups is 2. The summed E-state index contributed by atoms with van der Waals surface area (Å²) in [4.78, 5) is 25.0. The Hall–Kier alpha value is -2.12. The van der Waals surface area contributed by atoms with E-state index in [2.05, 4.69) is 43.5 Å². The van der Waals surface area contributed by atoms with Crippen LogP contribution in [0.1, 0.15) is 251 Å². The quantitative estimate of drug-likeness (QED) is 0.0196. The highest BCUT2D eigenvalue weighted by Crippen LogP contribution is 2.23. The lowest BCUT2D eigenvalue weighted by Gasteiger charge is -2.40. The number of allylic oxidation sites excluding steroid dienone is 5. The van der Waals surface area contributed by atoms with Gasteiger partial charge in [0.25, 0.3) is 0 Å². The summed E-state index contributed by atoms with van der Waals surface area (Å²) in [5, 5.41) is 54.3. The number of nitrogens with one attached hydrogen (secondary N) is 1. The topological polar surface area (TPSA) is 175 Å². The summed E-state index contributed by atoms with van der Waals surface area (Å²) in [6.45, 7) is 4.26. The van der Waals surface area contributed by atoms with Crippen LogP contribution in [-0.2, 0) is 23.8 Å². The number of unbranched alkanes of at least 4 members (excludes halogenated alkanes) is 30. The molecule has 0 aromatic heterocycles. The van der Waals surface area contributed by atoms with Gasteiger partial charge in [-0.3, -0.25) is 9.59 Å². The molecule has 6 N–H and O–H groups in total. The maximum absolute atomic E-state index is 13.0. The minimum absolute atomic E-state index is 0.0167. The number of aliphatic hydroxyl groups is 5. The number of carbonyl (C=O) groups excluding carboxylic acids is 2. The summed E-state index contributed by atoms with van der Waals surface area (Å²) in [6, 6.07) is -0.839. The Morgan fingerprint density at radius 2 is 0.956 bits per heavy atom. The normalized spacial score (nSPS) is 19.7. The molecule has 0 spiro atoms. The lowest BCUT2D eigenvalue weighted by atomic mass is 9.99. The zero-order chi connectivity index (χ0) is 49.6. The van der Waals surface area contributed by atoms with Gasteiger partial charge in [0.2, 0.25) is 5.91 Å². The predicted molar refractivity (Wildman–Crippen MR) is 278 cm³/mol. The summed E-state index contributed by atoms with van der Waals surface area (Å²) in [7, 11) is 0. The summed E-state index contributed by atoms with van der Waals surface area (Å²) in [6.07, 6.45) is 46.5. The number of amides is 1. The highest BCUT2D eigenvalue weighted by atomic mass is 16.7. The first-order valence-corrected chi connectivity index (χ1v) is 28.3. The Bertz CT molecular complexity index is 1230. The van der Waals surface area contributed by atoms with Crippen LogP contribution in [0.15, 0.2) is 36.5 Å². The highest BCUT2D eigenvalue weighted by molar-refractivity contribution is 5.76. The fourth-order valence-electron chi connectivity index (χ4n) is 8.70. The van der Waals surface area contributed by atoms with Crippen molar-refractivity contribution in [3.63, 3.8) is 0 Å². The van der Waals surface area contributed by atoms with Crippen LogP contribution in [0.2, 0.25) is 0 Å². The van der Waals surface area contributed by atoms with E-state index in [0.717, 1.165) is 83.5 Å². The second-order valence-electron chi connectivity index (χ2n) is 19.6. The van der Waals surface area contributed by atoms with E-state index in [-0.39, 0.29) is 18.5 Å². The highest BCUT2D eigenvalue weighted by Gasteiger charge is 2.44. The SMILES string of the molecule is CCCCC/C=C/CC/C=C/CC/C=C/C(O)C(COC1OC(CO)C(O)C(O)C1O)NC(=O)CCCCCCCCCCCCCCCCCCOC(=O)CCCCCCCCCCCCC. The maximum Gasteiger partial charge on any atom is 0.305 e. The Morgan fingerprint density at radius 1 is 0.529 bits per heavy atom. The van der Waals surface area contributed by atoms with Gasteiger partial charge in [0.15, 0.2) is 6.29 Å². The third-order valence-electron chi connectivity index (χ3n) is 13.2. The van der Waals surface area contributed by atoms with Crippen molar-refractivity contribution >= 4 is 11.9 Å². The van der Waals surface area contributed by atoms with Gasteiger partial charge < -0.3 is 45.1 Å². The van der Waals surface area contributed by atoms with E-state index in [1.807, 2.05) is 6.08 Å². The van der Waals surface area contributed by atoms with Crippen LogP contribution in [0.4, 0.5) is 0 Å². The van der Waals surface area contributed by atoms with Crippen LogP contribution < -0.4 is 5.32 Å². The second-order valence-corrected chi connectivity index (χ2v) is 19.6. The number of esters is 1. The van der Waals surface area contributed by atoms with Crippen molar-refractivity contribution in [2.45, 2.75) is 294 Å². The molecule has 0 radical (unpaired) electrons. The first-order chi connectivity index (χ1) is 33.2. The lowest BCUT2D eigenvalue weighted by molar-refractivity contribution is -0.302. The summed E-state index contributed by atoms with van der Waals surface area (Å²) >= 11 is 0. The molecular weight excluding hydrogens is 859 g/mol. The zero-order valence-corrected chi connectivity index (χ0v) is 43.6. The summed E-state index contributed by atoms with van der Waals surface area (Å²) < 4.78 is 16.7. The molecule has 1 saturated heterocycles. The first-order valence-electron chi connectivity index (χ1n) is 28.3. The van der Waals surface area contributed by atoms with Crippen LogP contribution in [0.5, 0.6) is 0 Å². The molecule has 0 aromatic carbocycles. The number of hydrogen-bond donors (Lipinski definition) is 6. The molecule has 1 aliphatic rings. The van der Waals surface area contributed by atoms with Gasteiger partial charge in [0, 0.05) is 12.8 Å². The van der Waals surface area contributed by atoms with Crippen molar-refractivity contribution in [2.24, 2.45) is 0 Å². The molecule has 0 aliphatic carbocycles. The molecule has 0 aromatic rings. The molecule has 1 heterocycles. The minimum atomic E-state index is -1.58. The van der Waals surface area contributed by atoms with Crippen LogP contribution in [0, 0.1) is 0 Å². The van der Waals surface area contributed by atoms with Gasteiger partial charge in [-0.1, -0.05) is 217 Å². The minimum Gasteiger partial charge on any atom is -0.466 e. The van der Waals surface area contributed by atoms with Crippen LogP contribution in [0.25, 0.3) is 0 Å². The molecule has 11 nitrogen and oxygen atoms in total. The van der Waals surface area contributed by atoms with Crippen molar-refractivity contribution in [1.82, 2.24) is 5.32 Å². The van der Waals surface area contributed by atoms with Gasteiger partial charge in [-0.2, -0.15) is 0 Å². The zero-order valence-electron chi connectivity index (χ0n) is 43.6.